The molecule has 0 fully saturated rings. The third-order valence-electron chi connectivity index (χ3n) is 3.10. The van der Waals surface area contributed by atoms with Crippen molar-refractivity contribution in [3.63, 3.8) is 0 Å². The lowest BCUT2D eigenvalue weighted by atomic mass is 10.00. The number of halogens is 1. The number of anilines is 1. The summed E-state index contributed by atoms with van der Waals surface area (Å²) in [5.74, 6) is 0.719. The Morgan fingerprint density at radius 3 is 2.67 bits per heavy atom. The molecule has 0 aliphatic carbocycles. The van der Waals surface area contributed by atoms with Crippen LogP contribution < -0.4 is 11.1 Å². The van der Waals surface area contributed by atoms with Crippen LogP contribution in [0.15, 0.2) is 22.7 Å². The van der Waals surface area contributed by atoms with Crippen LogP contribution in [-0.4, -0.2) is 11.0 Å². The van der Waals surface area contributed by atoms with Gasteiger partial charge in [0.1, 0.15) is 4.99 Å². The zero-order valence-electron chi connectivity index (χ0n) is 11.2. The summed E-state index contributed by atoms with van der Waals surface area (Å²) in [6, 6.07) is 6.39. The molecule has 1 aromatic carbocycles. The Morgan fingerprint density at radius 2 is 2.11 bits per heavy atom. The van der Waals surface area contributed by atoms with Gasteiger partial charge in [0.15, 0.2) is 0 Å². The van der Waals surface area contributed by atoms with Crippen LogP contribution in [0.25, 0.3) is 0 Å². The van der Waals surface area contributed by atoms with Gasteiger partial charge in [0, 0.05) is 21.8 Å². The molecular formula is C14H21BrN2S. The van der Waals surface area contributed by atoms with Gasteiger partial charge in [0.05, 0.1) is 0 Å². The number of thiocarbonyl (C=S) groups is 1. The van der Waals surface area contributed by atoms with Crippen LogP contribution in [0.1, 0.15) is 39.2 Å². The van der Waals surface area contributed by atoms with E-state index < -0.39 is 0 Å². The quantitative estimate of drug-likeness (QED) is 0.764. The van der Waals surface area contributed by atoms with Gasteiger partial charge in [-0.1, -0.05) is 48.4 Å². The Bertz CT molecular complexity index is 420. The Kier molecular flexibility index (Phi) is 6.09. The van der Waals surface area contributed by atoms with E-state index in [1.54, 1.807) is 0 Å². The normalized spacial score (nSPS) is 14.0. The van der Waals surface area contributed by atoms with E-state index >= 15 is 0 Å². The van der Waals surface area contributed by atoms with Crippen LogP contribution in [0, 0.1) is 5.92 Å². The lowest BCUT2D eigenvalue weighted by Gasteiger charge is -2.20. The Balaban J connectivity index is 2.80. The summed E-state index contributed by atoms with van der Waals surface area (Å²) >= 11 is 8.53. The molecule has 0 aliphatic heterocycles. The fourth-order valence-corrected chi connectivity index (χ4v) is 2.47. The molecule has 1 aromatic rings. The molecule has 1 rings (SSSR count). The molecule has 0 spiro atoms. The molecule has 3 N–H and O–H groups in total. The van der Waals surface area contributed by atoms with Gasteiger partial charge in [-0.3, -0.25) is 0 Å². The molecule has 0 saturated carbocycles. The average Bonchev–Trinajstić information content (AvgIpc) is 2.30. The van der Waals surface area contributed by atoms with Crippen LogP contribution in [0.3, 0.4) is 0 Å². The van der Waals surface area contributed by atoms with Gasteiger partial charge in [-0.15, -0.1) is 0 Å². The van der Waals surface area contributed by atoms with Crippen LogP contribution in [0.4, 0.5) is 5.69 Å². The minimum absolute atomic E-state index is 0.411. The third kappa shape index (κ3) is 4.58. The van der Waals surface area contributed by atoms with E-state index in [9.17, 15) is 0 Å². The Labute approximate surface area is 123 Å². The van der Waals surface area contributed by atoms with Crippen molar-refractivity contribution in [2.45, 2.75) is 39.7 Å². The first-order valence-electron chi connectivity index (χ1n) is 6.30. The van der Waals surface area contributed by atoms with Crippen molar-refractivity contribution >= 4 is 38.8 Å². The minimum atomic E-state index is 0.411. The summed E-state index contributed by atoms with van der Waals surface area (Å²) in [5, 5.41) is 3.50. The molecule has 0 radical (unpaired) electrons. The number of nitrogens with one attached hydrogen (secondary N) is 1. The maximum atomic E-state index is 5.76. The van der Waals surface area contributed by atoms with Crippen molar-refractivity contribution in [1.82, 2.24) is 0 Å². The van der Waals surface area contributed by atoms with Gasteiger partial charge in [0.2, 0.25) is 0 Å². The number of hydrogen-bond donors (Lipinski definition) is 2. The second kappa shape index (κ2) is 7.10. The minimum Gasteiger partial charge on any atom is -0.389 e. The number of hydrogen-bond acceptors (Lipinski definition) is 2. The van der Waals surface area contributed by atoms with E-state index in [4.69, 9.17) is 18.0 Å². The molecule has 0 heterocycles. The summed E-state index contributed by atoms with van der Waals surface area (Å²) < 4.78 is 0.991. The van der Waals surface area contributed by atoms with Gasteiger partial charge in [-0.05, 0) is 37.5 Å². The first kappa shape index (κ1) is 15.4. The fourth-order valence-electron chi connectivity index (χ4n) is 1.94. The fraction of sp³-hybridized carbons (Fsp3) is 0.500. The van der Waals surface area contributed by atoms with Crippen molar-refractivity contribution in [1.29, 1.82) is 0 Å². The van der Waals surface area contributed by atoms with Crippen molar-refractivity contribution < 1.29 is 0 Å². The van der Waals surface area contributed by atoms with Crippen LogP contribution in [-0.2, 0) is 0 Å². The maximum absolute atomic E-state index is 5.76. The molecule has 0 bridgehead atoms. The van der Waals surface area contributed by atoms with Crippen LogP contribution >= 0.6 is 28.1 Å². The highest BCUT2D eigenvalue weighted by Crippen LogP contribution is 2.23. The predicted octanol–water partition coefficient (Wildman–Crippen LogP) is 4.32. The summed E-state index contributed by atoms with van der Waals surface area (Å²) in [6.45, 7) is 6.68. The lowest BCUT2D eigenvalue weighted by Crippen LogP contribution is -2.21. The van der Waals surface area contributed by atoms with Crippen LogP contribution in [0.5, 0.6) is 0 Å². The highest BCUT2D eigenvalue weighted by Gasteiger charge is 2.11. The standard InChI is InChI=1S/C14H21BrN2S/c1-4-9(2)7-10(3)17-13-6-5-11(15)8-12(13)14(16)18/h5-6,8-10,17H,4,7H2,1-3H3,(H2,16,18). The molecule has 0 amide bonds. The first-order chi connectivity index (χ1) is 8.43. The topological polar surface area (TPSA) is 38.0 Å². The molecule has 2 atom stereocenters. The van der Waals surface area contributed by atoms with Gasteiger partial charge < -0.3 is 11.1 Å². The summed E-state index contributed by atoms with van der Waals surface area (Å²) in [5.41, 5.74) is 7.67. The van der Waals surface area contributed by atoms with Crippen molar-refractivity contribution in [3.05, 3.63) is 28.2 Å². The average molecular weight is 329 g/mol. The summed E-state index contributed by atoms with van der Waals surface area (Å²) in [4.78, 5) is 0.425. The molecule has 2 unspecified atom stereocenters. The van der Waals surface area contributed by atoms with Gasteiger partial charge in [-0.25, -0.2) is 0 Å². The van der Waals surface area contributed by atoms with Crippen molar-refractivity contribution in [2.24, 2.45) is 11.7 Å². The van der Waals surface area contributed by atoms with E-state index in [-0.39, 0.29) is 0 Å². The molecular weight excluding hydrogens is 308 g/mol. The van der Waals surface area contributed by atoms with E-state index in [0.29, 0.717) is 11.0 Å². The highest BCUT2D eigenvalue weighted by atomic mass is 79.9. The van der Waals surface area contributed by atoms with Gasteiger partial charge in [0.25, 0.3) is 0 Å². The van der Waals surface area contributed by atoms with E-state index in [0.717, 1.165) is 28.1 Å². The second-order valence-corrected chi connectivity index (χ2v) is 6.20. The molecule has 100 valence electrons. The predicted molar refractivity (Wildman–Crippen MR) is 87.2 cm³/mol. The Morgan fingerprint density at radius 1 is 1.44 bits per heavy atom. The number of benzene rings is 1. The number of rotatable bonds is 6. The monoisotopic (exact) mass is 328 g/mol. The molecule has 0 aromatic heterocycles. The zero-order valence-corrected chi connectivity index (χ0v) is 13.6. The molecule has 4 heteroatoms. The second-order valence-electron chi connectivity index (χ2n) is 4.85. The first-order valence-corrected chi connectivity index (χ1v) is 7.50. The SMILES string of the molecule is CCC(C)CC(C)Nc1ccc(Br)cc1C(N)=S. The van der Waals surface area contributed by atoms with Gasteiger partial charge in [-0.2, -0.15) is 0 Å². The molecule has 0 saturated heterocycles. The lowest BCUT2D eigenvalue weighted by molar-refractivity contribution is 0.484. The number of nitrogens with two attached hydrogens (primary N) is 1. The largest absolute Gasteiger partial charge is 0.389 e. The maximum Gasteiger partial charge on any atom is 0.106 e. The van der Waals surface area contributed by atoms with Crippen molar-refractivity contribution in [2.75, 3.05) is 5.32 Å². The molecule has 2 nitrogen and oxygen atoms in total. The van der Waals surface area contributed by atoms with Crippen molar-refractivity contribution in [3.8, 4) is 0 Å². The zero-order chi connectivity index (χ0) is 13.7. The summed E-state index contributed by atoms with van der Waals surface area (Å²) in [6.07, 6.45) is 2.35. The van der Waals surface area contributed by atoms with E-state index in [1.165, 1.54) is 6.42 Å². The molecule has 0 aliphatic rings. The van der Waals surface area contributed by atoms with E-state index in [1.807, 2.05) is 18.2 Å². The van der Waals surface area contributed by atoms with Gasteiger partial charge >= 0.3 is 0 Å². The Hall–Kier alpha value is -0.610. The van der Waals surface area contributed by atoms with Crippen LogP contribution in [0.2, 0.25) is 0 Å². The molecule has 18 heavy (non-hydrogen) atoms. The third-order valence-corrected chi connectivity index (χ3v) is 3.81. The van der Waals surface area contributed by atoms with E-state index in [2.05, 4.69) is 42.0 Å². The summed E-state index contributed by atoms with van der Waals surface area (Å²) in [7, 11) is 0. The smallest absolute Gasteiger partial charge is 0.106 e. The highest BCUT2D eigenvalue weighted by molar-refractivity contribution is 9.10.